The van der Waals surface area contributed by atoms with Crippen LogP contribution >= 0.6 is 0 Å². The largest absolute Gasteiger partial charge is 0.466 e. The van der Waals surface area contributed by atoms with E-state index in [-0.39, 0.29) is 23.9 Å². The molecule has 2 atom stereocenters. The summed E-state index contributed by atoms with van der Waals surface area (Å²) in [5.74, 6) is 0.547. The second-order valence-electron chi connectivity index (χ2n) is 13.2. The first-order chi connectivity index (χ1) is 23.3. The number of hydrogen-bond acceptors (Lipinski definition) is 8. The SMILES string of the molecule is CCCCC(CC)COC(=O)CCCCC(=O)OCC(CC)CCCC.CCCCOC(=O)CCCCCCCCC(=O)OCCCC. The van der Waals surface area contributed by atoms with Crippen LogP contribution in [0.3, 0.4) is 0 Å². The third kappa shape index (κ3) is 35.2. The van der Waals surface area contributed by atoms with Gasteiger partial charge in [-0.3, -0.25) is 19.2 Å². The summed E-state index contributed by atoms with van der Waals surface area (Å²) in [4.78, 5) is 46.3. The zero-order valence-corrected chi connectivity index (χ0v) is 32.2. The van der Waals surface area contributed by atoms with Crippen molar-refractivity contribution < 1.29 is 38.1 Å². The Morgan fingerprint density at radius 3 is 0.979 bits per heavy atom. The van der Waals surface area contributed by atoms with Crippen molar-refractivity contribution in [3.63, 3.8) is 0 Å². The lowest BCUT2D eigenvalue weighted by Crippen LogP contribution is -2.15. The van der Waals surface area contributed by atoms with Crippen LogP contribution in [0.1, 0.15) is 196 Å². The molecule has 0 saturated heterocycles. The molecule has 8 nitrogen and oxygen atoms in total. The van der Waals surface area contributed by atoms with Crippen LogP contribution in [0, 0.1) is 11.8 Å². The molecule has 0 amide bonds. The van der Waals surface area contributed by atoms with Gasteiger partial charge >= 0.3 is 23.9 Å². The molecule has 0 rings (SSSR count). The highest BCUT2D eigenvalue weighted by Gasteiger charge is 2.12. The molecular weight excluding hydrogens is 608 g/mol. The summed E-state index contributed by atoms with van der Waals surface area (Å²) in [6.45, 7) is 15.0. The molecule has 0 bridgehead atoms. The van der Waals surface area contributed by atoms with Crippen molar-refractivity contribution >= 4 is 23.9 Å². The quantitative estimate of drug-likeness (QED) is 0.0391. The second kappa shape index (κ2) is 37.7. The van der Waals surface area contributed by atoms with Crippen molar-refractivity contribution in [1.29, 1.82) is 0 Å². The van der Waals surface area contributed by atoms with E-state index in [9.17, 15) is 19.2 Å². The maximum Gasteiger partial charge on any atom is 0.305 e. The van der Waals surface area contributed by atoms with Crippen molar-refractivity contribution in [2.75, 3.05) is 26.4 Å². The van der Waals surface area contributed by atoms with Gasteiger partial charge in [0.1, 0.15) is 0 Å². The lowest BCUT2D eigenvalue weighted by molar-refractivity contribution is -0.147. The number of hydrogen-bond donors (Lipinski definition) is 0. The number of esters is 4. The van der Waals surface area contributed by atoms with Crippen molar-refractivity contribution in [2.45, 2.75) is 196 Å². The summed E-state index contributed by atoms with van der Waals surface area (Å²) in [5, 5.41) is 0. The molecule has 0 spiro atoms. The van der Waals surface area contributed by atoms with Crippen LogP contribution in [-0.2, 0) is 38.1 Å². The van der Waals surface area contributed by atoms with Crippen LogP contribution in [0.15, 0.2) is 0 Å². The van der Waals surface area contributed by atoms with Crippen LogP contribution < -0.4 is 0 Å². The molecule has 0 aromatic rings. The highest BCUT2D eigenvalue weighted by atomic mass is 16.5. The Bertz CT molecular complexity index is 692. The van der Waals surface area contributed by atoms with E-state index < -0.39 is 0 Å². The van der Waals surface area contributed by atoms with E-state index >= 15 is 0 Å². The number of rotatable bonds is 32. The Morgan fingerprint density at radius 1 is 0.375 bits per heavy atom. The molecule has 0 radical (unpaired) electrons. The predicted octanol–water partition coefficient (Wildman–Crippen LogP) is 10.9. The molecule has 0 aliphatic rings. The van der Waals surface area contributed by atoms with Crippen LogP contribution in [0.5, 0.6) is 0 Å². The van der Waals surface area contributed by atoms with Crippen LogP contribution in [0.4, 0.5) is 0 Å². The molecule has 0 aliphatic carbocycles. The van der Waals surface area contributed by atoms with Crippen molar-refractivity contribution in [2.24, 2.45) is 11.8 Å². The summed E-state index contributed by atoms with van der Waals surface area (Å²) >= 11 is 0. The van der Waals surface area contributed by atoms with E-state index in [0.717, 1.165) is 89.9 Å². The molecular formula is C40H76O8. The fourth-order valence-corrected chi connectivity index (χ4v) is 4.95. The molecule has 284 valence electrons. The van der Waals surface area contributed by atoms with Gasteiger partial charge in [-0.05, 0) is 63.2 Å². The van der Waals surface area contributed by atoms with E-state index in [2.05, 4.69) is 41.5 Å². The normalized spacial score (nSPS) is 12.0. The average Bonchev–Trinajstić information content (AvgIpc) is 3.08. The average molecular weight is 685 g/mol. The maximum absolute atomic E-state index is 11.8. The number of carbonyl (C=O) groups excluding carboxylic acids is 4. The van der Waals surface area contributed by atoms with E-state index in [1.807, 2.05) is 0 Å². The highest BCUT2D eigenvalue weighted by Crippen LogP contribution is 2.15. The number of carbonyl (C=O) groups is 4. The lowest BCUT2D eigenvalue weighted by Gasteiger charge is -2.15. The topological polar surface area (TPSA) is 105 Å². The minimum Gasteiger partial charge on any atom is -0.466 e. The summed E-state index contributed by atoms with van der Waals surface area (Å²) < 4.78 is 21.0. The Kier molecular flexibility index (Phi) is 37.7. The Balaban J connectivity index is 0. The standard InChI is InChI=1S/C22H42O4.C18H34O4/c1-5-9-13-19(7-3)17-25-21(23)15-11-12-16-22(24)26-18-20(8-4)14-10-6-2;1-3-5-15-21-17(19)13-11-9-7-8-10-12-14-18(20)22-16-6-4-2/h19-20H,5-18H2,1-4H3;3-16H2,1-2H3. The smallest absolute Gasteiger partial charge is 0.305 e. The molecule has 2 unspecified atom stereocenters. The van der Waals surface area contributed by atoms with Gasteiger partial charge in [-0.1, -0.05) is 119 Å². The zero-order valence-electron chi connectivity index (χ0n) is 32.2. The molecule has 0 heterocycles. The Morgan fingerprint density at radius 2 is 0.667 bits per heavy atom. The summed E-state index contributed by atoms with van der Waals surface area (Å²) in [5.41, 5.74) is 0. The lowest BCUT2D eigenvalue weighted by atomic mass is 10.0. The first kappa shape index (κ1) is 48.0. The van der Waals surface area contributed by atoms with Gasteiger partial charge in [-0.2, -0.15) is 0 Å². The number of ether oxygens (including phenoxy) is 4. The number of unbranched alkanes of at least 4 members (excludes halogenated alkanes) is 10. The zero-order chi connectivity index (χ0) is 36.1. The molecule has 0 aliphatic heterocycles. The molecule has 48 heavy (non-hydrogen) atoms. The predicted molar refractivity (Wildman–Crippen MR) is 196 cm³/mol. The van der Waals surface area contributed by atoms with Gasteiger partial charge in [-0.25, -0.2) is 0 Å². The Labute approximate surface area is 295 Å². The first-order valence-electron chi connectivity index (χ1n) is 19.9. The van der Waals surface area contributed by atoms with Gasteiger partial charge in [0.15, 0.2) is 0 Å². The van der Waals surface area contributed by atoms with Crippen LogP contribution in [0.25, 0.3) is 0 Å². The molecule has 0 N–H and O–H groups in total. The fraction of sp³-hybridized carbons (Fsp3) is 0.900. The van der Waals surface area contributed by atoms with Crippen LogP contribution in [0.2, 0.25) is 0 Å². The molecule has 0 fully saturated rings. The van der Waals surface area contributed by atoms with E-state index in [4.69, 9.17) is 18.9 Å². The van der Waals surface area contributed by atoms with Crippen molar-refractivity contribution in [3.05, 3.63) is 0 Å². The molecule has 0 aromatic heterocycles. The third-order valence-corrected chi connectivity index (χ3v) is 8.59. The molecule has 8 heteroatoms. The van der Waals surface area contributed by atoms with Gasteiger partial charge in [0.05, 0.1) is 26.4 Å². The fourth-order valence-electron chi connectivity index (χ4n) is 4.95. The van der Waals surface area contributed by atoms with E-state index in [1.54, 1.807) is 0 Å². The van der Waals surface area contributed by atoms with E-state index in [0.29, 0.717) is 76.8 Å². The third-order valence-electron chi connectivity index (χ3n) is 8.59. The Hall–Kier alpha value is -2.12. The van der Waals surface area contributed by atoms with Gasteiger partial charge in [0, 0.05) is 25.7 Å². The maximum atomic E-state index is 11.8. The van der Waals surface area contributed by atoms with Crippen LogP contribution in [-0.4, -0.2) is 50.3 Å². The van der Waals surface area contributed by atoms with Crippen molar-refractivity contribution in [3.8, 4) is 0 Å². The monoisotopic (exact) mass is 685 g/mol. The highest BCUT2D eigenvalue weighted by molar-refractivity contribution is 5.70. The van der Waals surface area contributed by atoms with E-state index in [1.165, 1.54) is 25.7 Å². The van der Waals surface area contributed by atoms with Gasteiger partial charge in [0.2, 0.25) is 0 Å². The second-order valence-corrected chi connectivity index (χ2v) is 13.2. The van der Waals surface area contributed by atoms with Crippen molar-refractivity contribution in [1.82, 2.24) is 0 Å². The first-order valence-corrected chi connectivity index (χ1v) is 19.9. The molecule has 0 aromatic carbocycles. The minimum atomic E-state index is -0.140. The van der Waals surface area contributed by atoms with Gasteiger partial charge < -0.3 is 18.9 Å². The summed E-state index contributed by atoms with van der Waals surface area (Å²) in [6.07, 6.45) is 22.5. The van der Waals surface area contributed by atoms with Gasteiger partial charge in [-0.15, -0.1) is 0 Å². The minimum absolute atomic E-state index is 0.0664. The summed E-state index contributed by atoms with van der Waals surface area (Å²) in [7, 11) is 0. The van der Waals surface area contributed by atoms with Gasteiger partial charge in [0.25, 0.3) is 0 Å². The summed E-state index contributed by atoms with van der Waals surface area (Å²) in [6, 6.07) is 0. The molecule has 0 saturated carbocycles.